The van der Waals surface area contributed by atoms with Crippen molar-refractivity contribution in [1.29, 1.82) is 0 Å². The Kier molecular flexibility index (Phi) is 4.29. The second kappa shape index (κ2) is 6.53. The first-order chi connectivity index (χ1) is 10.3. The number of rotatable bonds is 3. The number of hydrogen-bond acceptors (Lipinski definition) is 3. The van der Waals surface area contributed by atoms with E-state index >= 15 is 0 Å². The van der Waals surface area contributed by atoms with Crippen molar-refractivity contribution < 1.29 is 9.53 Å². The Morgan fingerprint density at radius 2 is 1.76 bits per heavy atom. The van der Waals surface area contributed by atoms with Gasteiger partial charge in [0.1, 0.15) is 6.10 Å². The minimum Gasteiger partial charge on any atom is -0.459 e. The Labute approximate surface area is 125 Å². The molecule has 0 saturated heterocycles. The highest BCUT2D eigenvalue weighted by Gasteiger charge is 2.21. The van der Waals surface area contributed by atoms with Crippen LogP contribution in [0.25, 0.3) is 11.3 Å². The van der Waals surface area contributed by atoms with Crippen LogP contribution >= 0.6 is 0 Å². The van der Waals surface area contributed by atoms with Gasteiger partial charge in [-0.3, -0.25) is 4.98 Å². The van der Waals surface area contributed by atoms with Crippen molar-refractivity contribution >= 4 is 5.97 Å². The maximum absolute atomic E-state index is 12.4. The van der Waals surface area contributed by atoms with Gasteiger partial charge in [0, 0.05) is 11.8 Å². The highest BCUT2D eigenvalue weighted by atomic mass is 16.5. The third-order valence-electron chi connectivity index (χ3n) is 3.90. The van der Waals surface area contributed by atoms with E-state index in [1.165, 1.54) is 6.42 Å². The van der Waals surface area contributed by atoms with Crippen LogP contribution in [0.4, 0.5) is 0 Å². The Morgan fingerprint density at radius 3 is 2.52 bits per heavy atom. The summed E-state index contributed by atoms with van der Waals surface area (Å²) in [6.45, 7) is 0. The number of esters is 1. The topological polar surface area (TPSA) is 39.2 Å². The number of pyridine rings is 1. The molecule has 0 bridgehead atoms. The average molecular weight is 281 g/mol. The molecular weight excluding hydrogens is 262 g/mol. The molecule has 2 aromatic rings. The number of aromatic nitrogens is 1. The van der Waals surface area contributed by atoms with Crippen LogP contribution in [-0.4, -0.2) is 17.1 Å². The fourth-order valence-corrected chi connectivity index (χ4v) is 2.79. The monoisotopic (exact) mass is 281 g/mol. The van der Waals surface area contributed by atoms with E-state index in [0.29, 0.717) is 11.3 Å². The minimum atomic E-state index is -0.256. The second-order valence-corrected chi connectivity index (χ2v) is 5.43. The summed E-state index contributed by atoms with van der Waals surface area (Å²) in [6.07, 6.45) is 7.28. The van der Waals surface area contributed by atoms with E-state index < -0.39 is 0 Å². The first-order valence-electron chi connectivity index (χ1n) is 7.56. The van der Waals surface area contributed by atoms with E-state index in [1.54, 1.807) is 18.3 Å². The van der Waals surface area contributed by atoms with Gasteiger partial charge in [-0.25, -0.2) is 4.79 Å². The predicted molar refractivity (Wildman–Crippen MR) is 82.0 cm³/mol. The molecule has 0 amide bonds. The lowest BCUT2D eigenvalue weighted by molar-refractivity contribution is 0.0211. The molecule has 3 nitrogen and oxygen atoms in total. The van der Waals surface area contributed by atoms with E-state index in [9.17, 15) is 4.79 Å². The zero-order chi connectivity index (χ0) is 14.5. The number of carbonyl (C=O) groups excluding carboxylic acids is 1. The van der Waals surface area contributed by atoms with Gasteiger partial charge in [0.15, 0.2) is 0 Å². The van der Waals surface area contributed by atoms with Gasteiger partial charge in [-0.05, 0) is 37.8 Å². The number of nitrogens with zero attached hydrogens (tertiary/aromatic N) is 1. The molecule has 1 aromatic heterocycles. The molecule has 1 heterocycles. The molecule has 0 radical (unpaired) electrons. The van der Waals surface area contributed by atoms with Gasteiger partial charge >= 0.3 is 5.97 Å². The molecular formula is C18H19NO2. The van der Waals surface area contributed by atoms with Crippen LogP contribution in [0.5, 0.6) is 0 Å². The molecule has 0 unspecified atom stereocenters. The van der Waals surface area contributed by atoms with Crippen molar-refractivity contribution in [2.24, 2.45) is 0 Å². The predicted octanol–water partition coefficient (Wildman–Crippen LogP) is 4.24. The Hall–Kier alpha value is -2.16. The largest absolute Gasteiger partial charge is 0.459 e. The van der Waals surface area contributed by atoms with E-state index in [1.807, 2.05) is 30.3 Å². The molecule has 3 heteroatoms. The summed E-state index contributed by atoms with van der Waals surface area (Å²) in [7, 11) is 0. The lowest BCUT2D eigenvalue weighted by Gasteiger charge is -2.22. The van der Waals surface area contributed by atoms with Crippen LogP contribution in [0.1, 0.15) is 42.5 Å². The Balaban J connectivity index is 1.83. The number of hydrogen-bond donors (Lipinski definition) is 0. The fourth-order valence-electron chi connectivity index (χ4n) is 2.79. The van der Waals surface area contributed by atoms with Gasteiger partial charge in [-0.15, -0.1) is 0 Å². The normalized spacial score (nSPS) is 15.6. The number of benzene rings is 1. The maximum Gasteiger partial charge on any atom is 0.340 e. The summed E-state index contributed by atoms with van der Waals surface area (Å²) in [5.74, 6) is -0.256. The number of ether oxygens (including phenoxy) is 1. The summed E-state index contributed by atoms with van der Waals surface area (Å²) in [6, 6.07) is 13.3. The molecule has 0 N–H and O–H groups in total. The maximum atomic E-state index is 12.4. The van der Waals surface area contributed by atoms with Crippen molar-refractivity contribution in [1.82, 2.24) is 4.98 Å². The van der Waals surface area contributed by atoms with Crippen LogP contribution in [0.2, 0.25) is 0 Å². The van der Waals surface area contributed by atoms with Crippen molar-refractivity contribution in [2.45, 2.75) is 38.2 Å². The van der Waals surface area contributed by atoms with Crippen LogP contribution in [-0.2, 0) is 4.74 Å². The van der Waals surface area contributed by atoms with Gasteiger partial charge in [0.2, 0.25) is 0 Å². The lowest BCUT2D eigenvalue weighted by Crippen LogP contribution is -2.21. The summed E-state index contributed by atoms with van der Waals surface area (Å²) >= 11 is 0. The zero-order valence-electron chi connectivity index (χ0n) is 12.0. The average Bonchev–Trinajstić information content (AvgIpc) is 2.56. The molecule has 21 heavy (non-hydrogen) atoms. The first-order valence-corrected chi connectivity index (χ1v) is 7.56. The smallest absolute Gasteiger partial charge is 0.340 e. The number of carbonyl (C=O) groups is 1. The van der Waals surface area contributed by atoms with Crippen LogP contribution in [0.15, 0.2) is 48.7 Å². The third-order valence-corrected chi connectivity index (χ3v) is 3.90. The summed E-state index contributed by atoms with van der Waals surface area (Å²) in [4.78, 5) is 16.8. The van der Waals surface area contributed by atoms with Crippen LogP contribution < -0.4 is 0 Å². The molecule has 1 aliphatic carbocycles. The van der Waals surface area contributed by atoms with Gasteiger partial charge in [-0.2, -0.15) is 0 Å². The highest BCUT2D eigenvalue weighted by molar-refractivity contribution is 5.96. The minimum absolute atomic E-state index is 0.0649. The molecule has 0 spiro atoms. The Morgan fingerprint density at radius 1 is 1.00 bits per heavy atom. The van der Waals surface area contributed by atoms with E-state index in [4.69, 9.17) is 4.74 Å². The van der Waals surface area contributed by atoms with Crippen molar-refractivity contribution in [3.8, 4) is 11.3 Å². The second-order valence-electron chi connectivity index (χ2n) is 5.43. The van der Waals surface area contributed by atoms with E-state index in [2.05, 4.69) is 4.98 Å². The molecule has 0 aliphatic heterocycles. The summed E-state index contributed by atoms with van der Waals surface area (Å²) in [5, 5.41) is 0. The van der Waals surface area contributed by atoms with E-state index in [0.717, 1.165) is 31.2 Å². The summed E-state index contributed by atoms with van der Waals surface area (Å²) < 4.78 is 5.66. The lowest BCUT2D eigenvalue weighted by atomic mass is 9.97. The van der Waals surface area contributed by atoms with Gasteiger partial charge in [0.25, 0.3) is 0 Å². The molecule has 0 atom stereocenters. The molecule has 1 saturated carbocycles. The summed E-state index contributed by atoms with van der Waals surface area (Å²) in [5.41, 5.74) is 2.18. The van der Waals surface area contributed by atoms with Crippen LogP contribution in [0.3, 0.4) is 0 Å². The molecule has 1 fully saturated rings. The van der Waals surface area contributed by atoms with Crippen molar-refractivity contribution in [2.75, 3.05) is 0 Å². The van der Waals surface area contributed by atoms with Crippen molar-refractivity contribution in [3.05, 3.63) is 54.2 Å². The standard InChI is InChI=1S/C18H19NO2/c20-18(21-15-10-5-2-6-11-15)16-12-7-13-19-17(16)14-8-3-1-4-9-14/h1,3-4,7-9,12-13,15H,2,5-6,10-11H2. The third kappa shape index (κ3) is 3.30. The van der Waals surface area contributed by atoms with Gasteiger partial charge in [-0.1, -0.05) is 36.8 Å². The van der Waals surface area contributed by atoms with Gasteiger partial charge in [0.05, 0.1) is 11.3 Å². The first kappa shape index (κ1) is 13.8. The molecule has 1 aromatic carbocycles. The van der Waals surface area contributed by atoms with Crippen molar-refractivity contribution in [3.63, 3.8) is 0 Å². The van der Waals surface area contributed by atoms with Crippen LogP contribution in [0, 0.1) is 0 Å². The quantitative estimate of drug-likeness (QED) is 0.790. The Bertz CT molecular complexity index is 604. The SMILES string of the molecule is O=C(OC1CCCCC1)c1cccnc1-c1ccccc1. The van der Waals surface area contributed by atoms with Gasteiger partial charge < -0.3 is 4.74 Å². The molecule has 3 rings (SSSR count). The fraction of sp³-hybridized carbons (Fsp3) is 0.333. The van der Waals surface area contributed by atoms with E-state index in [-0.39, 0.29) is 12.1 Å². The molecule has 108 valence electrons. The highest BCUT2D eigenvalue weighted by Crippen LogP contribution is 2.25. The zero-order valence-corrected chi connectivity index (χ0v) is 12.0. The molecule has 1 aliphatic rings.